The van der Waals surface area contributed by atoms with Gasteiger partial charge in [0.2, 0.25) is 0 Å². The molecule has 7 nitrogen and oxygen atoms in total. The van der Waals surface area contributed by atoms with Gasteiger partial charge in [0.15, 0.2) is 6.29 Å². The van der Waals surface area contributed by atoms with Crippen LogP contribution in [-0.4, -0.2) is 58.7 Å². The van der Waals surface area contributed by atoms with E-state index in [2.05, 4.69) is 15.4 Å². The van der Waals surface area contributed by atoms with Gasteiger partial charge in [0.1, 0.15) is 17.2 Å². The van der Waals surface area contributed by atoms with Crippen molar-refractivity contribution in [1.29, 1.82) is 0 Å². The number of alkyl halides is 6. The van der Waals surface area contributed by atoms with Gasteiger partial charge in [-0.15, -0.1) is 12.4 Å². The normalized spacial score (nSPS) is 19.3. The fourth-order valence-electron chi connectivity index (χ4n) is 4.52. The molecule has 15 heteroatoms. The first-order chi connectivity index (χ1) is 18.7. The number of nitrogens with one attached hydrogen (secondary N) is 1. The van der Waals surface area contributed by atoms with Crippen molar-refractivity contribution in [3.63, 3.8) is 0 Å². The van der Waals surface area contributed by atoms with Crippen LogP contribution in [0.3, 0.4) is 0 Å². The molecule has 0 unspecified atom stereocenters. The molecule has 1 N–H and O–H groups in total. The molecule has 0 bridgehead atoms. The first-order valence-corrected chi connectivity index (χ1v) is 12.3. The summed E-state index contributed by atoms with van der Waals surface area (Å²) in [5.74, 6) is -0.480. The van der Waals surface area contributed by atoms with Gasteiger partial charge < -0.3 is 14.4 Å². The molecule has 1 aliphatic rings. The van der Waals surface area contributed by atoms with Gasteiger partial charge in [-0.3, -0.25) is 4.90 Å². The lowest BCUT2D eigenvalue weighted by molar-refractivity contribution is -0.231. The van der Waals surface area contributed by atoms with Crippen LogP contribution >= 0.6 is 12.4 Å². The fourth-order valence-corrected chi connectivity index (χ4v) is 4.52. The maximum absolute atomic E-state index is 13.7. The van der Waals surface area contributed by atoms with Crippen molar-refractivity contribution in [3.8, 4) is 0 Å². The van der Waals surface area contributed by atoms with Crippen LogP contribution in [0.25, 0.3) is 0 Å². The van der Waals surface area contributed by atoms with Crippen molar-refractivity contribution in [2.24, 2.45) is 0 Å². The maximum atomic E-state index is 13.7. The van der Waals surface area contributed by atoms with Crippen LogP contribution in [0.4, 0.5) is 30.7 Å². The standard InChI is InChI=1S/C26H28F7N5O2.ClH/c1-15(17-10-18(25(28,29)30)12-19(11-17)26(31,32)33)40-24-23(16-4-6-20(27)7-5-16)38(8-9-39-24)14-22-21(13-37(2)3)34-36-35-22;/h4-7,10-12,15,23-24H,8-9,13-14H2,1-3H3,(H,34,35,36);1H/t15-,23-,24+;/m0./s1. The third-order valence-corrected chi connectivity index (χ3v) is 6.46. The van der Waals surface area contributed by atoms with Gasteiger partial charge in [-0.25, -0.2) is 4.39 Å². The molecule has 3 aromatic rings. The van der Waals surface area contributed by atoms with Crippen LogP contribution in [-0.2, 0) is 34.9 Å². The molecule has 1 saturated heterocycles. The second kappa shape index (κ2) is 13.0. The molecule has 1 aliphatic heterocycles. The van der Waals surface area contributed by atoms with Gasteiger partial charge in [-0.1, -0.05) is 12.1 Å². The molecule has 3 atom stereocenters. The number of benzene rings is 2. The summed E-state index contributed by atoms with van der Waals surface area (Å²) < 4.78 is 106. The quantitative estimate of drug-likeness (QED) is 0.309. The van der Waals surface area contributed by atoms with E-state index in [1.807, 2.05) is 23.9 Å². The van der Waals surface area contributed by atoms with E-state index in [9.17, 15) is 30.7 Å². The Bertz CT molecular complexity index is 1250. The highest BCUT2D eigenvalue weighted by atomic mass is 35.5. The number of rotatable bonds is 8. The number of hydrogen-bond acceptors (Lipinski definition) is 6. The SMILES string of the molecule is C[C@H](O[C@H]1OCCN(Cc2n[nH]nc2CN(C)C)[C@H]1c1ccc(F)cc1)c1cc(C(F)(F)F)cc(C(F)(F)F)c1.Cl. The van der Waals surface area contributed by atoms with Crippen LogP contribution in [0.2, 0.25) is 0 Å². The number of morpholine rings is 1. The van der Waals surface area contributed by atoms with E-state index in [1.54, 1.807) is 0 Å². The zero-order valence-electron chi connectivity index (χ0n) is 22.3. The number of aromatic amines is 1. The largest absolute Gasteiger partial charge is 0.416 e. The van der Waals surface area contributed by atoms with Gasteiger partial charge in [0.05, 0.1) is 29.9 Å². The van der Waals surface area contributed by atoms with Gasteiger partial charge in [0.25, 0.3) is 0 Å². The molecule has 226 valence electrons. The predicted octanol–water partition coefficient (Wildman–Crippen LogP) is 6.14. The predicted molar refractivity (Wildman–Crippen MR) is 136 cm³/mol. The monoisotopic (exact) mass is 611 g/mol. The Morgan fingerprint density at radius 2 is 1.59 bits per heavy atom. The number of H-pyrrole nitrogens is 1. The van der Waals surface area contributed by atoms with E-state index in [4.69, 9.17) is 9.47 Å². The lowest BCUT2D eigenvalue weighted by atomic mass is 10.0. The number of ether oxygens (including phenoxy) is 2. The fraction of sp³-hybridized carbons (Fsp3) is 0.462. The molecule has 4 rings (SSSR count). The number of aromatic nitrogens is 3. The first-order valence-electron chi connectivity index (χ1n) is 12.3. The molecule has 0 amide bonds. The van der Waals surface area contributed by atoms with Crippen molar-refractivity contribution < 1.29 is 40.2 Å². The minimum Gasteiger partial charge on any atom is -0.349 e. The third-order valence-electron chi connectivity index (χ3n) is 6.46. The highest BCUT2D eigenvalue weighted by Crippen LogP contribution is 2.40. The molecule has 1 fully saturated rings. The first kappa shape index (κ1) is 32.7. The van der Waals surface area contributed by atoms with Crippen molar-refractivity contribution in [2.75, 3.05) is 27.2 Å². The summed E-state index contributed by atoms with van der Waals surface area (Å²) in [6, 6.07) is 6.20. The maximum Gasteiger partial charge on any atom is 0.416 e. The zero-order chi connectivity index (χ0) is 29.2. The van der Waals surface area contributed by atoms with E-state index in [1.165, 1.54) is 31.2 Å². The van der Waals surface area contributed by atoms with E-state index in [0.29, 0.717) is 42.2 Å². The molecule has 0 radical (unpaired) electrons. The lowest BCUT2D eigenvalue weighted by Gasteiger charge is -2.42. The van der Waals surface area contributed by atoms with E-state index < -0.39 is 47.7 Å². The van der Waals surface area contributed by atoms with Crippen LogP contribution < -0.4 is 0 Å². The van der Waals surface area contributed by atoms with E-state index in [0.717, 1.165) is 0 Å². The minimum absolute atomic E-state index is 0. The van der Waals surface area contributed by atoms with Crippen molar-refractivity contribution >= 4 is 12.4 Å². The number of hydrogen-bond donors (Lipinski definition) is 1. The number of halogens is 8. The second-order valence-electron chi connectivity index (χ2n) is 9.78. The van der Waals surface area contributed by atoms with Crippen molar-refractivity contribution in [1.82, 2.24) is 25.2 Å². The summed E-state index contributed by atoms with van der Waals surface area (Å²) in [5.41, 5.74) is -1.27. The van der Waals surface area contributed by atoms with Gasteiger partial charge >= 0.3 is 12.4 Å². The summed E-state index contributed by atoms with van der Waals surface area (Å²) in [7, 11) is 3.75. The Balaban J connectivity index is 0.00000462. The van der Waals surface area contributed by atoms with Gasteiger partial charge in [-0.2, -0.15) is 41.8 Å². The lowest BCUT2D eigenvalue weighted by Crippen LogP contribution is -2.46. The van der Waals surface area contributed by atoms with Crippen molar-refractivity contribution in [2.45, 2.75) is 50.8 Å². The van der Waals surface area contributed by atoms with Crippen LogP contribution in [0.1, 0.15) is 52.7 Å². The number of nitrogens with zero attached hydrogens (tertiary/aromatic N) is 4. The molecule has 2 heterocycles. The summed E-state index contributed by atoms with van der Waals surface area (Å²) >= 11 is 0. The molecule has 41 heavy (non-hydrogen) atoms. The summed E-state index contributed by atoms with van der Waals surface area (Å²) in [6.07, 6.45) is -12.3. The molecule has 0 aliphatic carbocycles. The molecule has 0 saturated carbocycles. The summed E-state index contributed by atoms with van der Waals surface area (Å²) in [4.78, 5) is 3.86. The van der Waals surface area contributed by atoms with E-state index in [-0.39, 0.29) is 37.2 Å². The average molecular weight is 612 g/mol. The van der Waals surface area contributed by atoms with Crippen LogP contribution in [0.15, 0.2) is 42.5 Å². The minimum atomic E-state index is -4.99. The summed E-state index contributed by atoms with van der Waals surface area (Å²) in [5, 5.41) is 11.0. The Kier molecular flexibility index (Phi) is 10.4. The topological polar surface area (TPSA) is 66.5 Å². The highest BCUT2D eigenvalue weighted by Gasteiger charge is 2.39. The Morgan fingerprint density at radius 3 is 2.15 bits per heavy atom. The molecule has 2 aromatic carbocycles. The van der Waals surface area contributed by atoms with Crippen molar-refractivity contribution in [3.05, 3.63) is 81.9 Å². The highest BCUT2D eigenvalue weighted by molar-refractivity contribution is 5.85. The Labute approximate surface area is 238 Å². The van der Waals surface area contributed by atoms with Crippen LogP contribution in [0.5, 0.6) is 0 Å². The third kappa shape index (κ3) is 8.16. The van der Waals surface area contributed by atoms with Gasteiger partial charge in [0, 0.05) is 19.6 Å². The smallest absolute Gasteiger partial charge is 0.349 e. The molecular formula is C26H29ClF7N5O2. The summed E-state index contributed by atoms with van der Waals surface area (Å²) in [6.45, 7) is 2.69. The molecule has 1 aromatic heterocycles. The average Bonchev–Trinajstić information content (AvgIpc) is 3.29. The van der Waals surface area contributed by atoms with E-state index >= 15 is 0 Å². The second-order valence-corrected chi connectivity index (χ2v) is 9.78. The Hall–Kier alpha value is -2.78. The van der Waals surface area contributed by atoms with Gasteiger partial charge in [-0.05, 0) is 62.5 Å². The van der Waals surface area contributed by atoms with Crippen LogP contribution in [0, 0.1) is 5.82 Å². The zero-order valence-corrected chi connectivity index (χ0v) is 23.1. The molecular weight excluding hydrogens is 583 g/mol. The molecule has 0 spiro atoms. The Morgan fingerprint density at radius 1 is 1.00 bits per heavy atom.